The first-order valence-electron chi connectivity index (χ1n) is 15.4. The molecule has 0 saturated carbocycles. The van der Waals surface area contributed by atoms with Crippen LogP contribution in [0.15, 0.2) is 30.3 Å². The zero-order valence-corrected chi connectivity index (χ0v) is 23.8. The maximum absolute atomic E-state index is 11.7. The lowest BCUT2D eigenvalue weighted by Crippen LogP contribution is -2.02. The number of benzene rings is 1. The fourth-order valence-corrected chi connectivity index (χ4v) is 4.71. The molecule has 5 heteroatoms. The normalized spacial score (nSPS) is 11.3. The zero-order chi connectivity index (χ0) is 27.5. The van der Waals surface area contributed by atoms with Crippen LogP contribution in [0.25, 0.3) is 6.08 Å². The first-order valence-corrected chi connectivity index (χ1v) is 15.4. The van der Waals surface area contributed by atoms with Crippen LogP contribution in [0.3, 0.4) is 0 Å². The lowest BCUT2D eigenvalue weighted by Gasteiger charge is -2.04. The number of hydrogen-bond donors (Lipinski definition) is 2. The summed E-state index contributed by atoms with van der Waals surface area (Å²) < 4.78 is 5.25. The Morgan fingerprint density at radius 2 is 0.947 bits per heavy atom. The van der Waals surface area contributed by atoms with Crippen molar-refractivity contribution in [1.82, 2.24) is 0 Å². The van der Waals surface area contributed by atoms with Crippen molar-refractivity contribution in [1.29, 1.82) is 0 Å². The van der Waals surface area contributed by atoms with E-state index in [2.05, 4.69) is 0 Å². The number of carboxylic acid groups (broad SMARTS) is 1. The molecule has 0 aliphatic heterocycles. The van der Waals surface area contributed by atoms with Gasteiger partial charge < -0.3 is 14.9 Å². The molecule has 0 atom stereocenters. The summed E-state index contributed by atoms with van der Waals surface area (Å²) >= 11 is 0. The van der Waals surface area contributed by atoms with Crippen molar-refractivity contribution < 1.29 is 24.5 Å². The third-order valence-electron chi connectivity index (χ3n) is 7.08. The van der Waals surface area contributed by atoms with E-state index in [4.69, 9.17) is 9.84 Å². The molecular formula is C33H54O5. The van der Waals surface area contributed by atoms with Crippen molar-refractivity contribution in [3.8, 4) is 5.75 Å². The Morgan fingerprint density at radius 3 is 1.34 bits per heavy atom. The number of aromatic hydroxyl groups is 1. The van der Waals surface area contributed by atoms with Gasteiger partial charge in [0.1, 0.15) is 5.75 Å². The molecule has 1 rings (SSSR count). The number of carboxylic acids is 1. The van der Waals surface area contributed by atoms with E-state index in [0.717, 1.165) is 31.2 Å². The van der Waals surface area contributed by atoms with Gasteiger partial charge in [0.2, 0.25) is 0 Å². The van der Waals surface area contributed by atoms with E-state index >= 15 is 0 Å². The van der Waals surface area contributed by atoms with Crippen molar-refractivity contribution in [3.05, 3.63) is 35.9 Å². The van der Waals surface area contributed by atoms with Gasteiger partial charge in [0.15, 0.2) is 0 Å². The van der Waals surface area contributed by atoms with E-state index in [1.165, 1.54) is 115 Å². The molecule has 1 aromatic carbocycles. The highest BCUT2D eigenvalue weighted by Crippen LogP contribution is 2.15. The Kier molecular flexibility index (Phi) is 22.2. The molecule has 0 amide bonds. The van der Waals surface area contributed by atoms with E-state index in [-0.39, 0.29) is 11.7 Å². The Hall–Kier alpha value is -2.30. The first kappa shape index (κ1) is 33.7. The van der Waals surface area contributed by atoms with Crippen molar-refractivity contribution in [2.75, 3.05) is 6.61 Å². The van der Waals surface area contributed by atoms with Crippen LogP contribution in [-0.4, -0.2) is 28.8 Å². The van der Waals surface area contributed by atoms with Gasteiger partial charge in [-0.15, -0.1) is 0 Å². The molecule has 1 aromatic rings. The number of unbranched alkanes of at least 4 members (excludes halogenated alkanes) is 20. The quantitative estimate of drug-likeness (QED) is 0.0707. The molecule has 0 unspecified atom stereocenters. The molecular weight excluding hydrogens is 476 g/mol. The summed E-state index contributed by atoms with van der Waals surface area (Å²) in [4.78, 5) is 22.2. The van der Waals surface area contributed by atoms with E-state index < -0.39 is 5.97 Å². The van der Waals surface area contributed by atoms with Crippen molar-refractivity contribution in [3.63, 3.8) is 0 Å². The molecule has 0 aliphatic rings. The Morgan fingerprint density at radius 1 is 0.579 bits per heavy atom. The third-order valence-corrected chi connectivity index (χ3v) is 7.08. The number of phenols is 1. The first-order chi connectivity index (χ1) is 18.6. The van der Waals surface area contributed by atoms with Crippen LogP contribution < -0.4 is 0 Å². The van der Waals surface area contributed by atoms with E-state index in [0.29, 0.717) is 13.0 Å². The Labute approximate surface area is 232 Å². The number of carbonyl (C=O) groups excluding carboxylic acids is 1. The monoisotopic (exact) mass is 530 g/mol. The lowest BCUT2D eigenvalue weighted by molar-refractivity contribution is -0.138. The molecule has 5 nitrogen and oxygen atoms in total. The summed E-state index contributed by atoms with van der Waals surface area (Å²) in [6, 6.07) is 6.70. The molecule has 0 aliphatic carbocycles. The highest BCUT2D eigenvalue weighted by molar-refractivity contribution is 5.87. The van der Waals surface area contributed by atoms with Gasteiger partial charge >= 0.3 is 11.9 Å². The van der Waals surface area contributed by atoms with Gasteiger partial charge in [0, 0.05) is 12.5 Å². The SMILES string of the molecule is O=C(O)CCCCCCCCCCCCCCCCCCCCCCCOC(=O)/C=C/c1ccc(O)cc1. The van der Waals surface area contributed by atoms with E-state index in [1.807, 2.05) is 0 Å². The van der Waals surface area contributed by atoms with Gasteiger partial charge in [-0.1, -0.05) is 134 Å². The number of carbonyl (C=O) groups is 2. The maximum atomic E-state index is 11.7. The standard InChI is InChI=1S/C33H54O5/c34-31-26-23-30(24-27-31)25-28-33(37)38-29-21-19-17-15-13-11-9-7-5-3-1-2-4-6-8-10-12-14-16-18-20-22-32(35)36/h23-28,34H,1-22,29H2,(H,35,36)/b28-25+. The van der Waals surface area contributed by atoms with Crippen molar-refractivity contribution in [2.45, 2.75) is 141 Å². The van der Waals surface area contributed by atoms with Gasteiger partial charge in [-0.05, 0) is 36.6 Å². The topological polar surface area (TPSA) is 83.8 Å². The average Bonchev–Trinajstić information content (AvgIpc) is 2.90. The highest BCUT2D eigenvalue weighted by atomic mass is 16.5. The van der Waals surface area contributed by atoms with Gasteiger partial charge in [0.25, 0.3) is 0 Å². The molecule has 216 valence electrons. The number of ether oxygens (including phenoxy) is 1. The minimum Gasteiger partial charge on any atom is -0.508 e. The molecule has 0 spiro atoms. The second kappa shape index (κ2) is 25.0. The summed E-state index contributed by atoms with van der Waals surface area (Å²) in [5.74, 6) is -0.765. The highest BCUT2D eigenvalue weighted by Gasteiger charge is 1.99. The summed E-state index contributed by atoms with van der Waals surface area (Å²) in [7, 11) is 0. The lowest BCUT2D eigenvalue weighted by atomic mass is 10.0. The van der Waals surface area contributed by atoms with Crippen LogP contribution in [-0.2, 0) is 14.3 Å². The zero-order valence-electron chi connectivity index (χ0n) is 23.8. The number of phenolic OH excluding ortho intramolecular Hbond substituents is 1. The summed E-state index contributed by atoms with van der Waals surface area (Å²) in [6.07, 6.45) is 30.1. The molecule has 0 saturated heterocycles. The molecule has 2 N–H and O–H groups in total. The predicted octanol–water partition coefficient (Wildman–Crippen LogP) is 9.62. The number of rotatable bonds is 26. The van der Waals surface area contributed by atoms with Crippen molar-refractivity contribution >= 4 is 18.0 Å². The van der Waals surface area contributed by atoms with Crippen LogP contribution >= 0.6 is 0 Å². The second-order valence-electron chi connectivity index (χ2n) is 10.7. The minimum atomic E-state index is -0.666. The number of esters is 1. The predicted molar refractivity (Wildman–Crippen MR) is 157 cm³/mol. The molecule has 0 bridgehead atoms. The van der Waals surface area contributed by atoms with Crippen LogP contribution in [0.5, 0.6) is 5.75 Å². The van der Waals surface area contributed by atoms with Crippen LogP contribution in [0.1, 0.15) is 147 Å². The molecule has 38 heavy (non-hydrogen) atoms. The van der Waals surface area contributed by atoms with Gasteiger partial charge in [0.05, 0.1) is 6.61 Å². The summed E-state index contributed by atoms with van der Waals surface area (Å²) in [5.41, 5.74) is 0.859. The Balaban J connectivity index is 1.72. The minimum absolute atomic E-state index is 0.213. The van der Waals surface area contributed by atoms with E-state index in [1.54, 1.807) is 30.3 Å². The van der Waals surface area contributed by atoms with Crippen LogP contribution in [0.4, 0.5) is 0 Å². The molecule has 0 aromatic heterocycles. The van der Waals surface area contributed by atoms with Gasteiger partial charge in [-0.2, -0.15) is 0 Å². The summed E-state index contributed by atoms with van der Waals surface area (Å²) in [5, 5.41) is 17.9. The third kappa shape index (κ3) is 22.9. The molecule has 0 heterocycles. The average molecular weight is 531 g/mol. The molecule has 0 radical (unpaired) electrons. The van der Waals surface area contributed by atoms with Crippen LogP contribution in [0, 0.1) is 0 Å². The van der Waals surface area contributed by atoms with Crippen molar-refractivity contribution in [2.24, 2.45) is 0 Å². The second-order valence-corrected chi connectivity index (χ2v) is 10.7. The van der Waals surface area contributed by atoms with Gasteiger partial charge in [-0.25, -0.2) is 4.79 Å². The largest absolute Gasteiger partial charge is 0.508 e. The number of hydrogen-bond acceptors (Lipinski definition) is 4. The molecule has 0 fully saturated rings. The van der Waals surface area contributed by atoms with Crippen LogP contribution in [0.2, 0.25) is 0 Å². The smallest absolute Gasteiger partial charge is 0.330 e. The fourth-order valence-electron chi connectivity index (χ4n) is 4.71. The van der Waals surface area contributed by atoms with Gasteiger partial charge in [-0.3, -0.25) is 4.79 Å². The Bertz CT molecular complexity index is 725. The van der Waals surface area contributed by atoms with E-state index in [9.17, 15) is 14.7 Å². The fraction of sp³-hybridized carbons (Fsp3) is 0.697. The summed E-state index contributed by atoms with van der Waals surface area (Å²) in [6.45, 7) is 0.482. The maximum Gasteiger partial charge on any atom is 0.330 e. The number of aliphatic carboxylic acids is 1.